The first kappa shape index (κ1) is 13.1. The average Bonchev–Trinajstić information content (AvgIpc) is 2.75. The number of rotatable bonds is 4. The molecule has 0 aliphatic carbocycles. The van der Waals surface area contributed by atoms with Crippen molar-refractivity contribution in [2.24, 2.45) is 7.05 Å². The minimum Gasteiger partial charge on any atom is -0.396 e. The first-order valence-electron chi connectivity index (χ1n) is 5.86. The Morgan fingerprint density at radius 3 is 2.84 bits per heavy atom. The third-order valence-electron chi connectivity index (χ3n) is 2.70. The fourth-order valence-electron chi connectivity index (χ4n) is 1.79. The average molecular weight is 260 g/mol. The number of aromatic nitrogens is 2. The first-order chi connectivity index (χ1) is 9.10. The van der Waals surface area contributed by atoms with Crippen molar-refractivity contribution in [3.05, 3.63) is 47.3 Å². The molecule has 1 heterocycles. The first-order valence-corrected chi connectivity index (χ1v) is 5.86. The van der Waals surface area contributed by atoms with Crippen molar-refractivity contribution < 1.29 is 9.90 Å². The van der Waals surface area contributed by atoms with Crippen molar-refractivity contribution in [1.82, 2.24) is 15.1 Å². The number of aliphatic hydroxyl groups is 1. The Morgan fingerprint density at radius 1 is 1.47 bits per heavy atom. The molecular weight excluding hydrogens is 244 g/mol. The molecule has 0 saturated carbocycles. The molecule has 0 atom stereocenters. The third-order valence-corrected chi connectivity index (χ3v) is 2.70. The number of nitrogens with two attached hydrogens (primary N) is 1. The molecule has 0 unspecified atom stereocenters. The van der Waals surface area contributed by atoms with E-state index in [1.165, 1.54) is 4.68 Å². The summed E-state index contributed by atoms with van der Waals surface area (Å²) in [6.45, 7) is 0.345. The van der Waals surface area contributed by atoms with Crippen LogP contribution in [0.25, 0.3) is 0 Å². The highest BCUT2D eigenvalue weighted by Gasteiger charge is 2.13. The van der Waals surface area contributed by atoms with E-state index in [1.807, 2.05) is 24.3 Å². The van der Waals surface area contributed by atoms with Crippen LogP contribution in [0.5, 0.6) is 0 Å². The van der Waals surface area contributed by atoms with Crippen LogP contribution in [0.2, 0.25) is 0 Å². The SMILES string of the molecule is Cn1cc(N)c(C(=O)NCc2cccc(CO)c2)n1. The lowest BCUT2D eigenvalue weighted by Gasteiger charge is -2.05. The third kappa shape index (κ3) is 3.11. The number of hydrogen-bond acceptors (Lipinski definition) is 4. The zero-order valence-corrected chi connectivity index (χ0v) is 10.6. The monoisotopic (exact) mass is 260 g/mol. The maximum absolute atomic E-state index is 11.9. The van der Waals surface area contributed by atoms with E-state index >= 15 is 0 Å². The number of aliphatic hydroxyl groups excluding tert-OH is 1. The van der Waals surface area contributed by atoms with E-state index in [9.17, 15) is 4.79 Å². The largest absolute Gasteiger partial charge is 0.396 e. The van der Waals surface area contributed by atoms with E-state index < -0.39 is 0 Å². The van der Waals surface area contributed by atoms with Crippen LogP contribution in [0.3, 0.4) is 0 Å². The van der Waals surface area contributed by atoms with E-state index in [0.29, 0.717) is 12.2 Å². The molecule has 0 radical (unpaired) electrons. The van der Waals surface area contributed by atoms with Crippen LogP contribution in [0.15, 0.2) is 30.5 Å². The number of nitrogens with zero attached hydrogens (tertiary/aromatic N) is 2. The van der Waals surface area contributed by atoms with Gasteiger partial charge in [-0.25, -0.2) is 0 Å². The summed E-state index contributed by atoms with van der Waals surface area (Å²) in [6.07, 6.45) is 1.58. The Morgan fingerprint density at radius 2 is 2.21 bits per heavy atom. The predicted octanol–water partition coefficient (Wildman–Crippen LogP) is 0.425. The molecule has 6 nitrogen and oxygen atoms in total. The number of aryl methyl sites for hydroxylation is 1. The molecule has 19 heavy (non-hydrogen) atoms. The lowest BCUT2D eigenvalue weighted by molar-refractivity contribution is 0.0946. The van der Waals surface area contributed by atoms with Crippen molar-refractivity contribution in [3.8, 4) is 0 Å². The number of benzene rings is 1. The lowest BCUT2D eigenvalue weighted by Crippen LogP contribution is -2.24. The molecule has 0 bridgehead atoms. The summed E-state index contributed by atoms with van der Waals surface area (Å²) >= 11 is 0. The van der Waals surface area contributed by atoms with Crippen molar-refractivity contribution in [1.29, 1.82) is 0 Å². The van der Waals surface area contributed by atoms with Gasteiger partial charge in [-0.05, 0) is 11.1 Å². The maximum atomic E-state index is 11.9. The fraction of sp³-hybridized carbons (Fsp3) is 0.231. The van der Waals surface area contributed by atoms with E-state index in [-0.39, 0.29) is 18.2 Å². The summed E-state index contributed by atoms with van der Waals surface area (Å²) in [6, 6.07) is 7.37. The Labute approximate surface area is 110 Å². The Bertz CT molecular complexity index is 592. The van der Waals surface area contributed by atoms with Crippen molar-refractivity contribution >= 4 is 11.6 Å². The van der Waals surface area contributed by atoms with E-state index in [0.717, 1.165) is 11.1 Å². The van der Waals surface area contributed by atoms with Crippen LogP contribution >= 0.6 is 0 Å². The maximum Gasteiger partial charge on any atom is 0.274 e. The van der Waals surface area contributed by atoms with E-state index in [2.05, 4.69) is 10.4 Å². The van der Waals surface area contributed by atoms with Crippen molar-refractivity contribution in [2.75, 3.05) is 5.73 Å². The van der Waals surface area contributed by atoms with Crippen LogP contribution in [0, 0.1) is 0 Å². The van der Waals surface area contributed by atoms with Gasteiger partial charge in [0.25, 0.3) is 5.91 Å². The minimum atomic E-state index is -0.312. The summed E-state index contributed by atoms with van der Waals surface area (Å²) in [7, 11) is 1.71. The Balaban J connectivity index is 2.02. The summed E-state index contributed by atoms with van der Waals surface area (Å²) < 4.78 is 1.50. The molecule has 2 aromatic rings. The molecule has 1 amide bonds. The summed E-state index contributed by atoms with van der Waals surface area (Å²) in [5, 5.41) is 15.8. The van der Waals surface area contributed by atoms with Crippen molar-refractivity contribution in [2.45, 2.75) is 13.2 Å². The standard InChI is InChI=1S/C13H16N4O2/c1-17-7-11(14)12(16-17)13(19)15-6-9-3-2-4-10(5-9)8-18/h2-5,7,18H,6,8,14H2,1H3,(H,15,19). The molecule has 6 heteroatoms. The Kier molecular flexibility index (Phi) is 3.82. The Hall–Kier alpha value is -2.34. The molecule has 2 rings (SSSR count). The van der Waals surface area contributed by atoms with Gasteiger partial charge in [0.05, 0.1) is 12.3 Å². The van der Waals surface area contributed by atoms with Gasteiger partial charge in [0.15, 0.2) is 5.69 Å². The minimum absolute atomic E-state index is 0.0189. The van der Waals surface area contributed by atoms with Gasteiger partial charge >= 0.3 is 0 Å². The number of hydrogen-bond donors (Lipinski definition) is 3. The molecule has 0 aliphatic heterocycles. The second-order valence-electron chi connectivity index (χ2n) is 4.27. The van der Waals surface area contributed by atoms with Gasteiger partial charge in [-0.15, -0.1) is 0 Å². The van der Waals surface area contributed by atoms with Crippen LogP contribution < -0.4 is 11.1 Å². The quantitative estimate of drug-likeness (QED) is 0.743. The molecule has 1 aromatic heterocycles. The number of nitrogen functional groups attached to an aromatic ring is 1. The second kappa shape index (κ2) is 5.53. The number of amides is 1. The van der Waals surface area contributed by atoms with Gasteiger partial charge in [-0.3, -0.25) is 9.48 Å². The molecule has 4 N–H and O–H groups in total. The second-order valence-corrected chi connectivity index (χ2v) is 4.27. The number of carbonyl (C=O) groups is 1. The number of nitrogens with one attached hydrogen (secondary N) is 1. The zero-order valence-electron chi connectivity index (χ0n) is 10.6. The van der Waals surface area contributed by atoms with Gasteiger partial charge in [0.2, 0.25) is 0 Å². The highest BCUT2D eigenvalue weighted by molar-refractivity contribution is 5.96. The van der Waals surface area contributed by atoms with Gasteiger partial charge in [-0.2, -0.15) is 5.10 Å². The van der Waals surface area contributed by atoms with Crippen LogP contribution in [-0.2, 0) is 20.2 Å². The van der Waals surface area contributed by atoms with Crippen molar-refractivity contribution in [3.63, 3.8) is 0 Å². The molecule has 0 saturated heterocycles. The molecule has 100 valence electrons. The van der Waals surface area contributed by atoms with Gasteiger partial charge in [0.1, 0.15) is 0 Å². The molecule has 0 aliphatic rings. The van der Waals surface area contributed by atoms with Crippen LogP contribution in [0.4, 0.5) is 5.69 Å². The number of anilines is 1. The summed E-state index contributed by atoms with van der Waals surface area (Å²) in [5.74, 6) is -0.312. The number of carbonyl (C=O) groups excluding carboxylic acids is 1. The predicted molar refractivity (Wildman–Crippen MR) is 71.2 cm³/mol. The normalized spacial score (nSPS) is 10.4. The van der Waals surface area contributed by atoms with Crippen LogP contribution in [0.1, 0.15) is 21.6 Å². The van der Waals surface area contributed by atoms with Gasteiger partial charge in [-0.1, -0.05) is 24.3 Å². The topological polar surface area (TPSA) is 93.2 Å². The summed E-state index contributed by atoms with van der Waals surface area (Å²) in [5.41, 5.74) is 7.97. The zero-order chi connectivity index (χ0) is 13.8. The van der Waals surface area contributed by atoms with Crippen LogP contribution in [-0.4, -0.2) is 20.8 Å². The fourth-order valence-corrected chi connectivity index (χ4v) is 1.79. The van der Waals surface area contributed by atoms with Gasteiger partial charge < -0.3 is 16.2 Å². The highest BCUT2D eigenvalue weighted by atomic mass is 16.3. The molecular formula is C13H16N4O2. The highest BCUT2D eigenvalue weighted by Crippen LogP contribution is 2.09. The molecule has 1 aromatic carbocycles. The smallest absolute Gasteiger partial charge is 0.274 e. The molecule has 0 fully saturated rings. The lowest BCUT2D eigenvalue weighted by atomic mass is 10.1. The van der Waals surface area contributed by atoms with E-state index in [4.69, 9.17) is 10.8 Å². The molecule has 0 spiro atoms. The van der Waals surface area contributed by atoms with Gasteiger partial charge in [0, 0.05) is 19.8 Å². The van der Waals surface area contributed by atoms with E-state index in [1.54, 1.807) is 13.2 Å². The summed E-state index contributed by atoms with van der Waals surface area (Å²) in [4.78, 5) is 11.9.